The highest BCUT2D eigenvalue weighted by atomic mass is 35.5. The Labute approximate surface area is 157 Å². The summed E-state index contributed by atoms with van der Waals surface area (Å²) in [5.74, 6) is -0.627. The number of carbonyl (C=O) groups is 1. The Morgan fingerprint density at radius 3 is 2.50 bits per heavy atom. The molecule has 1 aromatic carbocycles. The lowest BCUT2D eigenvalue weighted by Gasteiger charge is -2.26. The molecule has 4 nitrogen and oxygen atoms in total. The third-order valence-corrected chi connectivity index (χ3v) is 4.73. The van der Waals surface area contributed by atoms with E-state index in [0.29, 0.717) is 17.1 Å². The topological polar surface area (TPSA) is 68.0 Å². The third kappa shape index (κ3) is 5.41. The average molecular weight is 394 g/mol. The number of nitrogens with two attached hydrogens (primary N) is 1. The van der Waals surface area contributed by atoms with E-state index in [1.165, 1.54) is 17.4 Å². The van der Waals surface area contributed by atoms with E-state index in [4.69, 9.17) is 5.73 Å². The number of nitrogens with one attached hydrogen (secondary N) is 1. The number of hydrogen-bond donors (Lipinski definition) is 2. The van der Waals surface area contributed by atoms with Gasteiger partial charge >= 0.3 is 0 Å². The average Bonchev–Trinajstić information content (AvgIpc) is 3.02. The normalized spacial score (nSPS) is 10.5. The van der Waals surface area contributed by atoms with Crippen LogP contribution in [-0.4, -0.2) is 23.0 Å². The summed E-state index contributed by atoms with van der Waals surface area (Å²) in [6.07, 6.45) is 1.56. The molecule has 2 rings (SSSR count). The number of amides is 1. The molecule has 3 N–H and O–H groups in total. The molecular formula is C16H22Cl2FN3OS. The molecule has 24 heavy (non-hydrogen) atoms. The first-order valence-corrected chi connectivity index (χ1v) is 8.14. The molecule has 0 saturated heterocycles. The zero-order chi connectivity index (χ0) is 16.2. The van der Waals surface area contributed by atoms with Gasteiger partial charge in [0.25, 0.3) is 5.91 Å². The lowest BCUT2D eigenvalue weighted by Crippen LogP contribution is -2.49. The van der Waals surface area contributed by atoms with Gasteiger partial charge in [-0.15, -0.1) is 36.2 Å². The highest BCUT2D eigenvalue weighted by Crippen LogP contribution is 2.26. The van der Waals surface area contributed by atoms with Crippen molar-refractivity contribution in [2.24, 2.45) is 5.73 Å². The summed E-state index contributed by atoms with van der Waals surface area (Å²) in [4.78, 5) is 16.4. The summed E-state index contributed by atoms with van der Waals surface area (Å²) in [6, 6.07) is 6.39. The van der Waals surface area contributed by atoms with Gasteiger partial charge in [0, 0.05) is 23.0 Å². The summed E-state index contributed by atoms with van der Waals surface area (Å²) in [7, 11) is 0. The van der Waals surface area contributed by atoms with Crippen molar-refractivity contribution in [3.63, 3.8) is 0 Å². The fourth-order valence-electron chi connectivity index (χ4n) is 1.98. The molecule has 0 fully saturated rings. The largest absolute Gasteiger partial charge is 0.349 e. The van der Waals surface area contributed by atoms with E-state index in [-0.39, 0.29) is 42.2 Å². The van der Waals surface area contributed by atoms with Crippen LogP contribution < -0.4 is 11.1 Å². The van der Waals surface area contributed by atoms with Crippen LogP contribution in [0, 0.1) is 5.82 Å². The summed E-state index contributed by atoms with van der Waals surface area (Å²) < 4.78 is 13.7. The number of aromatic nitrogens is 1. The van der Waals surface area contributed by atoms with E-state index >= 15 is 0 Å². The molecule has 2 aromatic rings. The van der Waals surface area contributed by atoms with Gasteiger partial charge < -0.3 is 11.1 Å². The first-order chi connectivity index (χ1) is 10.5. The number of rotatable bonds is 6. The predicted molar refractivity (Wildman–Crippen MR) is 102 cm³/mol. The molecule has 0 aliphatic carbocycles. The number of hydrogen-bond acceptors (Lipinski definition) is 4. The Kier molecular flexibility index (Phi) is 9.43. The van der Waals surface area contributed by atoms with Crippen molar-refractivity contribution in [1.82, 2.24) is 10.3 Å². The minimum Gasteiger partial charge on any atom is -0.349 e. The molecule has 1 heterocycles. The Morgan fingerprint density at radius 1 is 1.29 bits per heavy atom. The fraction of sp³-hybridized carbons (Fsp3) is 0.375. The molecule has 1 aromatic heterocycles. The molecular weight excluding hydrogens is 372 g/mol. The SMILES string of the molecule is CCC(N)(CC)CNC(=O)c1csc(-c2ccccc2F)n1.Cl.Cl. The fourth-order valence-corrected chi connectivity index (χ4v) is 2.81. The first-order valence-electron chi connectivity index (χ1n) is 7.26. The molecule has 0 aliphatic rings. The van der Waals surface area contributed by atoms with E-state index in [0.717, 1.165) is 12.8 Å². The van der Waals surface area contributed by atoms with Gasteiger partial charge in [0.15, 0.2) is 0 Å². The quantitative estimate of drug-likeness (QED) is 0.777. The monoisotopic (exact) mass is 393 g/mol. The number of carbonyl (C=O) groups excluding carboxylic acids is 1. The third-order valence-electron chi connectivity index (χ3n) is 3.85. The highest BCUT2D eigenvalue weighted by Gasteiger charge is 2.22. The maximum Gasteiger partial charge on any atom is 0.270 e. The first kappa shape index (κ1) is 22.8. The van der Waals surface area contributed by atoms with Crippen molar-refractivity contribution in [1.29, 1.82) is 0 Å². The number of halogens is 3. The van der Waals surface area contributed by atoms with Gasteiger partial charge in [-0.3, -0.25) is 4.79 Å². The zero-order valence-corrected chi connectivity index (χ0v) is 16.0. The van der Waals surface area contributed by atoms with Gasteiger partial charge in [-0.25, -0.2) is 9.37 Å². The second-order valence-electron chi connectivity index (χ2n) is 5.27. The second-order valence-corrected chi connectivity index (χ2v) is 6.13. The molecule has 0 atom stereocenters. The lowest BCUT2D eigenvalue weighted by molar-refractivity contribution is 0.0938. The zero-order valence-electron chi connectivity index (χ0n) is 13.5. The molecule has 8 heteroatoms. The Hall–Kier alpha value is -1.21. The van der Waals surface area contributed by atoms with E-state index in [1.54, 1.807) is 23.6 Å². The molecule has 0 spiro atoms. The van der Waals surface area contributed by atoms with Crippen LogP contribution in [0.4, 0.5) is 4.39 Å². The summed E-state index contributed by atoms with van der Waals surface area (Å²) >= 11 is 1.25. The van der Waals surface area contributed by atoms with Gasteiger partial charge in [0.05, 0.1) is 0 Å². The minimum atomic E-state index is -0.403. The van der Waals surface area contributed by atoms with E-state index < -0.39 is 5.54 Å². The number of nitrogens with zero attached hydrogens (tertiary/aromatic N) is 1. The van der Waals surface area contributed by atoms with Gasteiger partial charge in [-0.05, 0) is 25.0 Å². The summed E-state index contributed by atoms with van der Waals surface area (Å²) in [5, 5.41) is 4.93. The number of thiazole rings is 1. The van der Waals surface area contributed by atoms with Crippen molar-refractivity contribution in [3.05, 3.63) is 41.2 Å². The van der Waals surface area contributed by atoms with Crippen LogP contribution in [0.25, 0.3) is 10.6 Å². The van der Waals surface area contributed by atoms with Crippen LogP contribution in [0.2, 0.25) is 0 Å². The van der Waals surface area contributed by atoms with Gasteiger partial charge in [0.1, 0.15) is 16.5 Å². The van der Waals surface area contributed by atoms with Crippen LogP contribution >= 0.6 is 36.2 Å². The molecule has 134 valence electrons. The molecule has 0 bridgehead atoms. The van der Waals surface area contributed by atoms with E-state index in [2.05, 4.69) is 10.3 Å². The molecule has 0 aliphatic heterocycles. The Balaban J connectivity index is 0.00000264. The summed E-state index contributed by atoms with van der Waals surface area (Å²) in [6.45, 7) is 4.38. The van der Waals surface area contributed by atoms with Crippen LogP contribution in [0.15, 0.2) is 29.6 Å². The Bertz CT molecular complexity index is 662. The molecule has 0 saturated carbocycles. The molecule has 0 radical (unpaired) electrons. The van der Waals surface area contributed by atoms with Crippen LogP contribution in [0.5, 0.6) is 0 Å². The minimum absolute atomic E-state index is 0. The second kappa shape index (κ2) is 9.93. The summed E-state index contributed by atoms with van der Waals surface area (Å²) in [5.41, 5.74) is 6.45. The number of benzene rings is 1. The van der Waals surface area contributed by atoms with Crippen molar-refractivity contribution < 1.29 is 9.18 Å². The van der Waals surface area contributed by atoms with E-state index in [1.807, 2.05) is 13.8 Å². The standard InChI is InChI=1S/C16H20FN3OS.2ClH/c1-3-16(18,4-2)10-19-14(21)13-9-22-15(20-13)11-7-5-6-8-12(11)17;;/h5-9H,3-4,10,18H2,1-2H3,(H,19,21);2*1H. The van der Waals surface area contributed by atoms with Gasteiger partial charge in [-0.2, -0.15) is 0 Å². The van der Waals surface area contributed by atoms with Crippen molar-refractivity contribution in [2.45, 2.75) is 32.2 Å². The van der Waals surface area contributed by atoms with Crippen molar-refractivity contribution in [2.75, 3.05) is 6.54 Å². The van der Waals surface area contributed by atoms with Gasteiger partial charge in [0.2, 0.25) is 0 Å². The smallest absolute Gasteiger partial charge is 0.270 e. The van der Waals surface area contributed by atoms with Crippen molar-refractivity contribution >= 4 is 42.1 Å². The van der Waals surface area contributed by atoms with Crippen LogP contribution in [-0.2, 0) is 0 Å². The highest BCUT2D eigenvalue weighted by molar-refractivity contribution is 7.13. The van der Waals surface area contributed by atoms with Crippen molar-refractivity contribution in [3.8, 4) is 10.6 Å². The Morgan fingerprint density at radius 2 is 1.92 bits per heavy atom. The van der Waals surface area contributed by atoms with E-state index in [9.17, 15) is 9.18 Å². The van der Waals surface area contributed by atoms with Crippen LogP contribution in [0.1, 0.15) is 37.2 Å². The molecule has 0 unspecified atom stereocenters. The maximum atomic E-state index is 13.7. The lowest BCUT2D eigenvalue weighted by atomic mass is 9.94. The molecule has 1 amide bonds. The van der Waals surface area contributed by atoms with Crippen LogP contribution in [0.3, 0.4) is 0 Å². The maximum absolute atomic E-state index is 13.7. The predicted octanol–water partition coefficient (Wildman–Crippen LogP) is 4.04. The van der Waals surface area contributed by atoms with Gasteiger partial charge in [-0.1, -0.05) is 26.0 Å².